The second-order valence-electron chi connectivity index (χ2n) is 8.93. The second kappa shape index (κ2) is 7.72. The monoisotopic (exact) mass is 372 g/mol. The Labute approximate surface area is 155 Å². The van der Waals surface area contributed by atoms with E-state index in [1.807, 2.05) is 13.8 Å². The summed E-state index contributed by atoms with van der Waals surface area (Å²) in [7, 11) is 0. The molecule has 1 rings (SSSR count). The van der Waals surface area contributed by atoms with E-state index in [4.69, 9.17) is 9.47 Å². The zero-order valence-corrected chi connectivity index (χ0v) is 17.0. The van der Waals surface area contributed by atoms with Gasteiger partial charge in [-0.05, 0) is 47.5 Å². The van der Waals surface area contributed by atoms with Crippen LogP contribution in [0.4, 0.5) is 9.59 Å². The summed E-state index contributed by atoms with van der Waals surface area (Å²) < 4.78 is 10.8. The van der Waals surface area contributed by atoms with Crippen LogP contribution >= 0.6 is 0 Å². The van der Waals surface area contributed by atoms with Gasteiger partial charge in [0.2, 0.25) is 0 Å². The number of carbonyl (C=O) groups is 3. The summed E-state index contributed by atoms with van der Waals surface area (Å²) in [5.74, 6) is -1.19. The molecule has 0 saturated carbocycles. The molecular formula is C18H32N2O6. The largest absolute Gasteiger partial charge is 0.480 e. The molecule has 150 valence electrons. The van der Waals surface area contributed by atoms with E-state index in [0.717, 1.165) is 0 Å². The molecule has 1 fully saturated rings. The van der Waals surface area contributed by atoms with E-state index in [1.54, 1.807) is 41.5 Å². The van der Waals surface area contributed by atoms with Gasteiger partial charge < -0.3 is 19.5 Å². The normalized spacial score (nSPS) is 21.6. The Kier molecular flexibility index (Phi) is 6.54. The number of nitrogens with zero attached hydrogens (tertiary/aromatic N) is 2. The van der Waals surface area contributed by atoms with Crippen molar-refractivity contribution in [1.82, 2.24) is 9.80 Å². The Balaban J connectivity index is 3.12. The predicted molar refractivity (Wildman–Crippen MR) is 95.9 cm³/mol. The van der Waals surface area contributed by atoms with Crippen molar-refractivity contribution >= 4 is 18.2 Å². The molecule has 0 aromatic carbocycles. The highest BCUT2D eigenvalue weighted by Gasteiger charge is 2.45. The average Bonchev–Trinajstić information content (AvgIpc) is 2.41. The minimum absolute atomic E-state index is 0.00204. The van der Waals surface area contributed by atoms with Gasteiger partial charge in [0.1, 0.15) is 11.2 Å². The lowest BCUT2D eigenvalue weighted by atomic mass is 9.97. The van der Waals surface area contributed by atoms with Crippen LogP contribution < -0.4 is 0 Å². The van der Waals surface area contributed by atoms with E-state index < -0.39 is 35.4 Å². The van der Waals surface area contributed by atoms with Crippen molar-refractivity contribution in [3.8, 4) is 0 Å². The van der Waals surface area contributed by atoms with Crippen LogP contribution in [0.5, 0.6) is 0 Å². The first-order valence-electron chi connectivity index (χ1n) is 8.84. The number of hydrogen-bond donors (Lipinski definition) is 1. The Bertz CT molecular complexity index is 547. The Hall–Kier alpha value is -1.99. The van der Waals surface area contributed by atoms with Gasteiger partial charge in [-0.2, -0.15) is 0 Å². The zero-order valence-electron chi connectivity index (χ0n) is 17.0. The second-order valence-corrected chi connectivity index (χ2v) is 8.93. The van der Waals surface area contributed by atoms with Crippen molar-refractivity contribution in [2.24, 2.45) is 5.92 Å². The smallest absolute Gasteiger partial charge is 0.411 e. The number of hydrogen-bond acceptors (Lipinski definition) is 5. The summed E-state index contributed by atoms with van der Waals surface area (Å²) in [5.41, 5.74) is -1.44. The molecule has 0 aromatic rings. The van der Waals surface area contributed by atoms with E-state index >= 15 is 0 Å². The number of carbonyl (C=O) groups excluding carboxylic acids is 2. The molecular weight excluding hydrogens is 340 g/mol. The predicted octanol–water partition coefficient (Wildman–Crippen LogP) is 2.95. The molecule has 1 N–H and O–H groups in total. The van der Waals surface area contributed by atoms with E-state index in [9.17, 15) is 19.5 Å². The molecule has 0 aliphatic carbocycles. The first-order valence-corrected chi connectivity index (χ1v) is 8.84. The quantitative estimate of drug-likeness (QED) is 0.800. The summed E-state index contributed by atoms with van der Waals surface area (Å²) in [6, 6.07) is -1.56. The van der Waals surface area contributed by atoms with Gasteiger partial charge in [0.05, 0.1) is 12.6 Å². The zero-order chi connectivity index (χ0) is 20.4. The van der Waals surface area contributed by atoms with Crippen molar-refractivity contribution in [2.45, 2.75) is 78.7 Å². The number of carboxylic acid groups (broad SMARTS) is 1. The number of ether oxygens (including phenoxy) is 2. The number of amides is 2. The molecule has 2 atom stereocenters. The van der Waals surface area contributed by atoms with Gasteiger partial charge in [0, 0.05) is 6.54 Å². The molecule has 0 unspecified atom stereocenters. The number of aliphatic carboxylic acids is 1. The van der Waals surface area contributed by atoms with Crippen molar-refractivity contribution in [2.75, 3.05) is 13.1 Å². The molecule has 0 bridgehead atoms. The molecule has 26 heavy (non-hydrogen) atoms. The van der Waals surface area contributed by atoms with Crippen LogP contribution in [-0.4, -0.2) is 69.4 Å². The van der Waals surface area contributed by atoms with Gasteiger partial charge in [0.25, 0.3) is 0 Å². The summed E-state index contributed by atoms with van der Waals surface area (Å²) >= 11 is 0. The van der Waals surface area contributed by atoms with Crippen molar-refractivity contribution in [3.63, 3.8) is 0 Å². The van der Waals surface area contributed by atoms with Gasteiger partial charge in [-0.3, -0.25) is 4.90 Å². The third-order valence-corrected chi connectivity index (χ3v) is 3.84. The van der Waals surface area contributed by atoms with Crippen LogP contribution in [0.3, 0.4) is 0 Å². The highest BCUT2D eigenvalue weighted by molar-refractivity contribution is 5.82. The molecule has 1 aliphatic rings. The third-order valence-electron chi connectivity index (χ3n) is 3.84. The minimum atomic E-state index is -1.19. The van der Waals surface area contributed by atoms with E-state index in [2.05, 4.69) is 0 Å². The van der Waals surface area contributed by atoms with Crippen LogP contribution in [0.15, 0.2) is 0 Å². The minimum Gasteiger partial charge on any atom is -0.480 e. The van der Waals surface area contributed by atoms with Gasteiger partial charge in [-0.15, -0.1) is 0 Å². The fraction of sp³-hybridized carbons (Fsp3) is 0.833. The fourth-order valence-electron chi connectivity index (χ4n) is 2.68. The van der Waals surface area contributed by atoms with Gasteiger partial charge in [0.15, 0.2) is 6.04 Å². The number of piperazine rings is 1. The molecule has 1 aliphatic heterocycles. The fourth-order valence-corrected chi connectivity index (χ4v) is 2.68. The van der Waals surface area contributed by atoms with E-state index in [-0.39, 0.29) is 25.0 Å². The molecule has 8 heteroatoms. The molecule has 8 nitrogen and oxygen atoms in total. The lowest BCUT2D eigenvalue weighted by Gasteiger charge is -2.46. The molecule has 0 radical (unpaired) electrons. The topological polar surface area (TPSA) is 96.4 Å². The molecule has 2 amide bonds. The summed E-state index contributed by atoms with van der Waals surface area (Å²) in [4.78, 5) is 39.4. The van der Waals surface area contributed by atoms with Crippen LogP contribution in [0.2, 0.25) is 0 Å². The lowest BCUT2D eigenvalue weighted by Crippen LogP contribution is -2.65. The van der Waals surface area contributed by atoms with Crippen molar-refractivity contribution in [3.05, 3.63) is 0 Å². The summed E-state index contributed by atoms with van der Waals surface area (Å²) in [6.45, 7) is 14.2. The maximum atomic E-state index is 12.6. The van der Waals surface area contributed by atoms with Gasteiger partial charge in [-0.1, -0.05) is 13.8 Å². The standard InChI is InChI=1S/C18H32N2O6/c1-11(2)12-9-20(16(24)26-18(6,7)8)13(14(21)22)10-19(12)15(23)25-17(3,4)5/h11-13H,9-10H2,1-8H3,(H,21,22)/t12-,13-/m1/s1. The van der Waals surface area contributed by atoms with Crippen LogP contribution in [0.1, 0.15) is 55.4 Å². The van der Waals surface area contributed by atoms with Gasteiger partial charge >= 0.3 is 18.2 Å². The number of carboxylic acids is 1. The van der Waals surface area contributed by atoms with Crippen LogP contribution in [0, 0.1) is 5.92 Å². The third kappa shape index (κ3) is 6.07. The van der Waals surface area contributed by atoms with Crippen LogP contribution in [-0.2, 0) is 14.3 Å². The molecule has 1 saturated heterocycles. The molecule has 1 heterocycles. The highest BCUT2D eigenvalue weighted by atomic mass is 16.6. The molecule has 0 aromatic heterocycles. The Morgan fingerprint density at radius 2 is 1.31 bits per heavy atom. The van der Waals surface area contributed by atoms with Crippen LogP contribution in [0.25, 0.3) is 0 Å². The maximum Gasteiger partial charge on any atom is 0.411 e. The SMILES string of the molecule is CC(C)[C@H]1CN(C(=O)OC(C)(C)C)[C@@H](C(=O)O)CN1C(=O)OC(C)(C)C. The van der Waals surface area contributed by atoms with E-state index in [0.29, 0.717) is 0 Å². The van der Waals surface area contributed by atoms with Crippen molar-refractivity contribution < 1.29 is 29.0 Å². The Morgan fingerprint density at radius 1 is 0.885 bits per heavy atom. The first kappa shape index (κ1) is 22.1. The number of rotatable bonds is 2. The Morgan fingerprint density at radius 3 is 1.65 bits per heavy atom. The van der Waals surface area contributed by atoms with Crippen molar-refractivity contribution in [1.29, 1.82) is 0 Å². The molecule has 0 spiro atoms. The van der Waals surface area contributed by atoms with Gasteiger partial charge in [-0.25, -0.2) is 14.4 Å². The summed E-state index contributed by atoms with van der Waals surface area (Å²) in [5, 5.41) is 9.58. The first-order chi connectivity index (χ1) is 11.6. The lowest BCUT2D eigenvalue weighted by molar-refractivity contribution is -0.146. The summed E-state index contributed by atoms with van der Waals surface area (Å²) in [6.07, 6.45) is -1.27. The maximum absolute atomic E-state index is 12.6. The average molecular weight is 372 g/mol. The highest BCUT2D eigenvalue weighted by Crippen LogP contribution is 2.25. The van der Waals surface area contributed by atoms with E-state index in [1.165, 1.54) is 9.80 Å².